The number of hydrogen-bond donors (Lipinski definition) is 0. The number of amides is 2. The summed E-state index contributed by atoms with van der Waals surface area (Å²) in [6.45, 7) is 2.15. The van der Waals surface area contributed by atoms with Gasteiger partial charge in [0.2, 0.25) is 6.04 Å². The van der Waals surface area contributed by atoms with Crippen molar-refractivity contribution in [1.29, 1.82) is 0 Å². The van der Waals surface area contributed by atoms with Crippen LogP contribution in [-0.2, 0) is 16.0 Å². The van der Waals surface area contributed by atoms with Gasteiger partial charge in [-0.05, 0) is 42.7 Å². The van der Waals surface area contributed by atoms with Crippen molar-refractivity contribution in [2.45, 2.75) is 25.3 Å². The lowest BCUT2D eigenvalue weighted by atomic mass is 9.80. The van der Waals surface area contributed by atoms with Crippen molar-refractivity contribution in [1.82, 2.24) is 4.90 Å². The standard InChI is InChI=1S/C26H22ClN3O2/c1-18-6-5-14-29(17-18)24-23(20-9-11-21(27)12-10-20)22(16-28)25(31)30(26(24)32)15-13-19-7-3-2-4-8-19/h2-12,14,17,23-24H,13,15H2,1H3. The highest BCUT2D eigenvalue weighted by Crippen LogP contribution is 2.38. The maximum Gasteiger partial charge on any atom is 0.299 e. The Kier molecular flexibility index (Phi) is 6.31. The molecule has 1 fully saturated rings. The van der Waals surface area contributed by atoms with Crippen LogP contribution in [0.3, 0.4) is 0 Å². The molecule has 5 nitrogen and oxygen atoms in total. The van der Waals surface area contributed by atoms with Crippen LogP contribution in [0.4, 0.5) is 0 Å². The molecule has 160 valence electrons. The summed E-state index contributed by atoms with van der Waals surface area (Å²) in [6.07, 6.45) is 4.19. The van der Waals surface area contributed by atoms with Gasteiger partial charge in [0, 0.05) is 23.2 Å². The first kappa shape index (κ1) is 21.7. The zero-order valence-corrected chi connectivity index (χ0v) is 18.4. The molecule has 4 rings (SSSR count). The molecule has 32 heavy (non-hydrogen) atoms. The summed E-state index contributed by atoms with van der Waals surface area (Å²) in [5, 5.41) is 10.5. The van der Waals surface area contributed by atoms with Gasteiger partial charge in [-0.1, -0.05) is 54.1 Å². The predicted octanol–water partition coefficient (Wildman–Crippen LogP) is 4.04. The lowest BCUT2D eigenvalue weighted by Gasteiger charge is -2.35. The Morgan fingerprint density at radius 1 is 1.03 bits per heavy atom. The summed E-state index contributed by atoms with van der Waals surface area (Å²) < 4.78 is 1.80. The molecular weight excluding hydrogens is 422 g/mol. The quantitative estimate of drug-likeness (QED) is 0.258. The summed E-state index contributed by atoms with van der Waals surface area (Å²) >= 11 is 6.06. The van der Waals surface area contributed by atoms with Crippen molar-refractivity contribution < 1.29 is 14.2 Å². The molecule has 3 aromatic rings. The van der Waals surface area contributed by atoms with Crippen molar-refractivity contribution >= 4 is 29.3 Å². The summed E-state index contributed by atoms with van der Waals surface area (Å²) in [6, 6.07) is 19.7. The lowest BCUT2D eigenvalue weighted by molar-refractivity contribution is -0.712. The third-order valence-corrected chi connectivity index (χ3v) is 5.98. The van der Waals surface area contributed by atoms with E-state index in [1.165, 1.54) is 4.90 Å². The van der Waals surface area contributed by atoms with Crippen LogP contribution < -0.4 is 4.57 Å². The SMILES string of the molecule is Cc1ccc[n+](C2C(=O)N(CCc3ccccc3)C(=O)C(=C=[N-])C2c2ccc(Cl)cc2)c1. The van der Waals surface area contributed by atoms with E-state index < -0.39 is 17.9 Å². The second-order valence-electron chi connectivity index (χ2n) is 7.86. The van der Waals surface area contributed by atoms with E-state index in [9.17, 15) is 15.0 Å². The highest BCUT2D eigenvalue weighted by Gasteiger charge is 2.50. The first-order valence-corrected chi connectivity index (χ1v) is 10.8. The maximum atomic E-state index is 13.7. The molecule has 0 aliphatic carbocycles. The smallest absolute Gasteiger partial charge is 0.299 e. The average molecular weight is 444 g/mol. The van der Waals surface area contributed by atoms with E-state index in [4.69, 9.17) is 11.6 Å². The normalized spacial score (nSPS) is 18.6. The molecule has 0 bridgehead atoms. The first-order valence-electron chi connectivity index (χ1n) is 10.4. The lowest BCUT2D eigenvalue weighted by Crippen LogP contribution is -2.59. The van der Waals surface area contributed by atoms with Gasteiger partial charge in [-0.2, -0.15) is 4.57 Å². The van der Waals surface area contributed by atoms with Crippen molar-refractivity contribution in [2.75, 3.05) is 6.54 Å². The molecule has 1 aromatic heterocycles. The van der Waals surface area contributed by atoms with Crippen molar-refractivity contribution in [2.24, 2.45) is 0 Å². The Labute approximate surface area is 192 Å². The number of aryl methyl sites for hydroxylation is 1. The molecule has 2 atom stereocenters. The molecular formula is C26H22ClN3O2. The minimum Gasteiger partial charge on any atom is -0.763 e. The number of halogens is 1. The molecule has 0 saturated carbocycles. The number of benzene rings is 2. The molecule has 1 aliphatic heterocycles. The zero-order chi connectivity index (χ0) is 22.7. The molecule has 0 radical (unpaired) electrons. The van der Waals surface area contributed by atoms with Gasteiger partial charge in [-0.3, -0.25) is 20.4 Å². The number of aromatic nitrogens is 1. The molecule has 2 heterocycles. The van der Waals surface area contributed by atoms with E-state index in [-0.39, 0.29) is 18.0 Å². The molecule has 1 saturated heterocycles. The second kappa shape index (κ2) is 9.31. The largest absolute Gasteiger partial charge is 0.763 e. The number of likely N-dealkylation sites (tertiary alicyclic amines) is 1. The minimum absolute atomic E-state index is 0.0546. The van der Waals surface area contributed by atoms with E-state index in [1.807, 2.05) is 55.6 Å². The summed E-state index contributed by atoms with van der Waals surface area (Å²) in [7, 11) is 0. The van der Waals surface area contributed by atoms with Crippen molar-refractivity contribution in [3.63, 3.8) is 0 Å². The molecule has 2 amide bonds. The van der Waals surface area contributed by atoms with E-state index in [0.717, 1.165) is 11.1 Å². The minimum atomic E-state index is -0.751. The topological polar surface area (TPSA) is 63.6 Å². The van der Waals surface area contributed by atoms with Crippen LogP contribution in [-0.4, -0.2) is 29.1 Å². The van der Waals surface area contributed by atoms with Gasteiger partial charge in [0.1, 0.15) is 0 Å². The summed E-state index contributed by atoms with van der Waals surface area (Å²) in [5.41, 5.74) is 2.75. The van der Waals surface area contributed by atoms with Crippen LogP contribution in [0.15, 0.2) is 84.7 Å². The monoisotopic (exact) mass is 443 g/mol. The highest BCUT2D eigenvalue weighted by molar-refractivity contribution is 6.30. The van der Waals surface area contributed by atoms with Gasteiger partial charge in [-0.25, -0.2) is 0 Å². The third kappa shape index (κ3) is 4.26. The van der Waals surface area contributed by atoms with Crippen LogP contribution in [0, 0.1) is 6.92 Å². The Morgan fingerprint density at radius 2 is 1.75 bits per heavy atom. The number of rotatable bonds is 5. The Balaban J connectivity index is 1.78. The Hall–Kier alpha value is -3.53. The van der Waals surface area contributed by atoms with E-state index >= 15 is 0 Å². The Morgan fingerprint density at radius 3 is 2.41 bits per heavy atom. The van der Waals surface area contributed by atoms with Gasteiger partial charge >= 0.3 is 0 Å². The zero-order valence-electron chi connectivity index (χ0n) is 17.6. The third-order valence-electron chi connectivity index (χ3n) is 5.73. The van der Waals surface area contributed by atoms with Gasteiger partial charge in [0.05, 0.1) is 11.5 Å². The van der Waals surface area contributed by atoms with Crippen molar-refractivity contribution in [3.8, 4) is 0 Å². The number of pyridine rings is 1. The van der Waals surface area contributed by atoms with Gasteiger partial charge < -0.3 is 5.41 Å². The summed E-state index contributed by atoms with van der Waals surface area (Å²) in [4.78, 5) is 28.2. The number of imide groups is 1. The maximum absolute atomic E-state index is 13.7. The number of piperidine rings is 1. The van der Waals surface area contributed by atoms with E-state index in [0.29, 0.717) is 17.0 Å². The first-order chi connectivity index (χ1) is 15.5. The van der Waals surface area contributed by atoms with Crippen LogP contribution in [0.25, 0.3) is 5.41 Å². The van der Waals surface area contributed by atoms with E-state index in [1.54, 1.807) is 35.0 Å². The molecule has 0 N–H and O–H groups in total. The number of hydrogen-bond acceptors (Lipinski definition) is 2. The van der Waals surface area contributed by atoms with Crippen LogP contribution >= 0.6 is 11.6 Å². The fraction of sp³-hybridized carbons (Fsp3) is 0.192. The average Bonchev–Trinajstić information content (AvgIpc) is 2.80. The number of carbonyl (C=O) groups is 2. The second-order valence-corrected chi connectivity index (χ2v) is 8.30. The Bertz CT molecular complexity index is 1200. The number of nitrogens with zero attached hydrogens (tertiary/aromatic N) is 3. The molecule has 6 heteroatoms. The fourth-order valence-corrected chi connectivity index (χ4v) is 4.29. The molecule has 2 aromatic carbocycles. The van der Waals surface area contributed by atoms with Gasteiger partial charge in [0.25, 0.3) is 11.8 Å². The molecule has 2 unspecified atom stereocenters. The van der Waals surface area contributed by atoms with Crippen molar-refractivity contribution in [3.05, 3.63) is 112 Å². The van der Waals surface area contributed by atoms with Gasteiger partial charge in [0.15, 0.2) is 12.4 Å². The van der Waals surface area contributed by atoms with Crippen LogP contribution in [0.1, 0.15) is 28.7 Å². The molecule has 0 spiro atoms. The van der Waals surface area contributed by atoms with Gasteiger partial charge in [-0.15, -0.1) is 0 Å². The number of carbonyl (C=O) groups excluding carboxylic acids is 2. The highest BCUT2D eigenvalue weighted by atomic mass is 35.5. The molecule has 1 aliphatic rings. The van der Waals surface area contributed by atoms with E-state index in [2.05, 4.69) is 5.87 Å². The van der Waals surface area contributed by atoms with Crippen LogP contribution in [0.2, 0.25) is 5.02 Å². The summed E-state index contributed by atoms with van der Waals surface area (Å²) in [5.74, 6) is 0.561. The van der Waals surface area contributed by atoms with Crippen LogP contribution in [0.5, 0.6) is 0 Å². The fourth-order valence-electron chi connectivity index (χ4n) is 4.16. The predicted molar refractivity (Wildman–Crippen MR) is 123 cm³/mol.